The van der Waals surface area contributed by atoms with Crippen molar-refractivity contribution in [2.45, 2.75) is 38.3 Å². The van der Waals surface area contributed by atoms with Gasteiger partial charge < -0.3 is 20.1 Å². The number of ether oxygens (including phenoxy) is 2. The van der Waals surface area contributed by atoms with Crippen LogP contribution in [0.2, 0.25) is 0 Å². The minimum atomic E-state index is -0.398. The number of hydrogen-bond donors (Lipinski definition) is 2. The van der Waals surface area contributed by atoms with E-state index < -0.39 is 4.92 Å². The van der Waals surface area contributed by atoms with E-state index in [9.17, 15) is 10.1 Å². The third-order valence-corrected chi connectivity index (χ3v) is 5.20. The van der Waals surface area contributed by atoms with Crippen LogP contribution in [-0.2, 0) is 17.7 Å². The number of methoxy groups -OCH3 is 1. The minimum Gasteiger partial charge on any atom is -0.497 e. The molecule has 1 saturated heterocycles. The number of benzene rings is 2. The Labute approximate surface area is 206 Å². The van der Waals surface area contributed by atoms with E-state index in [1.807, 2.05) is 12.1 Å². The summed E-state index contributed by atoms with van der Waals surface area (Å²) < 4.78 is 11.0. The molecule has 0 bridgehead atoms. The second-order valence-electron chi connectivity index (χ2n) is 7.48. The molecule has 1 fully saturated rings. The molecule has 8 nitrogen and oxygen atoms in total. The van der Waals surface area contributed by atoms with Crippen molar-refractivity contribution in [3.63, 3.8) is 0 Å². The van der Waals surface area contributed by atoms with Gasteiger partial charge in [0.25, 0.3) is 5.69 Å². The summed E-state index contributed by atoms with van der Waals surface area (Å²) in [5.74, 6) is 1.55. The highest BCUT2D eigenvalue weighted by Crippen LogP contribution is 2.14. The number of halogens is 1. The fourth-order valence-electron chi connectivity index (χ4n) is 3.36. The van der Waals surface area contributed by atoms with Crippen LogP contribution in [0.3, 0.4) is 0 Å². The molecule has 0 radical (unpaired) electrons. The van der Waals surface area contributed by atoms with Gasteiger partial charge in [0.15, 0.2) is 5.96 Å². The van der Waals surface area contributed by atoms with E-state index >= 15 is 0 Å². The molecule has 1 aliphatic heterocycles. The lowest BCUT2D eigenvalue weighted by molar-refractivity contribution is -0.384. The molecule has 0 saturated carbocycles. The second-order valence-corrected chi connectivity index (χ2v) is 7.48. The van der Waals surface area contributed by atoms with Gasteiger partial charge in [0.2, 0.25) is 0 Å². The van der Waals surface area contributed by atoms with Gasteiger partial charge in [0.05, 0.1) is 24.7 Å². The molecule has 0 spiro atoms. The molecule has 1 aliphatic rings. The summed E-state index contributed by atoms with van der Waals surface area (Å²) in [6.07, 6.45) is 4.41. The van der Waals surface area contributed by atoms with Crippen molar-refractivity contribution in [2.24, 2.45) is 4.99 Å². The van der Waals surface area contributed by atoms with Crippen molar-refractivity contribution < 1.29 is 14.4 Å². The number of nitrogens with zero attached hydrogens (tertiary/aromatic N) is 2. The SMILES string of the molecule is COc1ccc(CCNC(=NCc2ccc([N+](=O)[O-])cc2)NCC2CCCCO2)cc1.I. The van der Waals surface area contributed by atoms with E-state index in [-0.39, 0.29) is 35.8 Å². The second kappa shape index (κ2) is 13.9. The van der Waals surface area contributed by atoms with Crippen LogP contribution in [-0.4, -0.2) is 43.8 Å². The first-order valence-corrected chi connectivity index (χ1v) is 10.6. The molecule has 0 aliphatic carbocycles. The largest absolute Gasteiger partial charge is 0.497 e. The fraction of sp³-hybridized carbons (Fsp3) is 0.435. The molecule has 0 amide bonds. The number of guanidine groups is 1. The summed E-state index contributed by atoms with van der Waals surface area (Å²) in [4.78, 5) is 15.1. The Balaban J connectivity index is 0.00000363. The van der Waals surface area contributed by atoms with Gasteiger partial charge in [-0.1, -0.05) is 24.3 Å². The lowest BCUT2D eigenvalue weighted by Crippen LogP contribution is -2.43. The van der Waals surface area contributed by atoms with Crippen LogP contribution >= 0.6 is 24.0 Å². The maximum atomic E-state index is 10.8. The minimum absolute atomic E-state index is 0. The quantitative estimate of drug-likeness (QED) is 0.160. The maximum Gasteiger partial charge on any atom is 0.269 e. The average Bonchev–Trinajstić information content (AvgIpc) is 2.81. The van der Waals surface area contributed by atoms with Crippen LogP contribution in [0.1, 0.15) is 30.4 Å². The van der Waals surface area contributed by atoms with Crippen molar-refractivity contribution in [1.29, 1.82) is 0 Å². The molecule has 1 heterocycles. The molecule has 1 atom stereocenters. The van der Waals surface area contributed by atoms with Gasteiger partial charge in [0.1, 0.15) is 5.75 Å². The van der Waals surface area contributed by atoms with E-state index in [1.54, 1.807) is 19.2 Å². The zero-order valence-corrected chi connectivity index (χ0v) is 20.6. The van der Waals surface area contributed by atoms with E-state index in [2.05, 4.69) is 27.8 Å². The molecular weight excluding hydrogens is 523 g/mol. The zero-order valence-electron chi connectivity index (χ0n) is 18.3. The van der Waals surface area contributed by atoms with Gasteiger partial charge in [-0.15, -0.1) is 24.0 Å². The first-order chi connectivity index (χ1) is 15.1. The van der Waals surface area contributed by atoms with Crippen LogP contribution in [0, 0.1) is 10.1 Å². The average molecular weight is 554 g/mol. The summed E-state index contributed by atoms with van der Waals surface area (Å²) in [5.41, 5.74) is 2.20. The van der Waals surface area contributed by atoms with Gasteiger partial charge in [-0.3, -0.25) is 10.1 Å². The summed E-state index contributed by atoms with van der Waals surface area (Å²) >= 11 is 0. The van der Waals surface area contributed by atoms with Crippen molar-refractivity contribution in [3.05, 3.63) is 69.8 Å². The summed E-state index contributed by atoms with van der Waals surface area (Å²) in [7, 11) is 1.66. The van der Waals surface area contributed by atoms with Gasteiger partial charge in [-0.25, -0.2) is 4.99 Å². The smallest absolute Gasteiger partial charge is 0.269 e. The Kier molecular flexibility index (Phi) is 11.2. The van der Waals surface area contributed by atoms with Crippen molar-refractivity contribution in [1.82, 2.24) is 10.6 Å². The molecule has 1 unspecified atom stereocenters. The van der Waals surface area contributed by atoms with E-state index in [0.29, 0.717) is 19.0 Å². The third kappa shape index (κ3) is 8.62. The Bertz CT molecular complexity index is 853. The molecule has 2 aromatic carbocycles. The van der Waals surface area contributed by atoms with Crippen molar-refractivity contribution in [3.8, 4) is 5.75 Å². The summed E-state index contributed by atoms with van der Waals surface area (Å²) in [6, 6.07) is 14.5. The number of nitro benzene ring substituents is 1. The number of rotatable bonds is 9. The van der Waals surface area contributed by atoms with Crippen molar-refractivity contribution in [2.75, 3.05) is 26.8 Å². The van der Waals surface area contributed by atoms with Crippen LogP contribution < -0.4 is 15.4 Å². The van der Waals surface area contributed by atoms with Crippen LogP contribution in [0.4, 0.5) is 5.69 Å². The maximum absolute atomic E-state index is 10.8. The van der Waals surface area contributed by atoms with Crippen molar-refractivity contribution >= 4 is 35.6 Å². The predicted octanol–water partition coefficient (Wildman–Crippen LogP) is 4.07. The highest BCUT2D eigenvalue weighted by atomic mass is 127. The number of aliphatic imine (C=N–C) groups is 1. The fourth-order valence-corrected chi connectivity index (χ4v) is 3.36. The number of hydrogen-bond acceptors (Lipinski definition) is 5. The molecule has 0 aromatic heterocycles. The predicted molar refractivity (Wildman–Crippen MR) is 136 cm³/mol. The lowest BCUT2D eigenvalue weighted by atomic mass is 10.1. The molecule has 9 heteroatoms. The highest BCUT2D eigenvalue weighted by molar-refractivity contribution is 14.0. The molecule has 3 rings (SSSR count). The topological polar surface area (TPSA) is 98.0 Å². The van der Waals surface area contributed by atoms with Crippen LogP contribution in [0.15, 0.2) is 53.5 Å². The molecule has 174 valence electrons. The Hall–Kier alpha value is -2.40. The lowest BCUT2D eigenvalue weighted by Gasteiger charge is -2.24. The third-order valence-electron chi connectivity index (χ3n) is 5.20. The van der Waals surface area contributed by atoms with Gasteiger partial charge >= 0.3 is 0 Å². The summed E-state index contributed by atoms with van der Waals surface area (Å²) in [6.45, 7) is 2.67. The first-order valence-electron chi connectivity index (χ1n) is 10.6. The highest BCUT2D eigenvalue weighted by Gasteiger charge is 2.14. The monoisotopic (exact) mass is 554 g/mol. The van der Waals surface area contributed by atoms with Gasteiger partial charge in [-0.05, 0) is 48.9 Å². The number of non-ortho nitro benzene ring substituents is 1. The van der Waals surface area contributed by atoms with Gasteiger partial charge in [0, 0.05) is 31.8 Å². The zero-order chi connectivity index (χ0) is 21.9. The van der Waals surface area contributed by atoms with Gasteiger partial charge in [-0.2, -0.15) is 0 Å². The molecular formula is C23H31IN4O4. The van der Waals surface area contributed by atoms with E-state index in [1.165, 1.54) is 24.1 Å². The normalized spacial score (nSPS) is 16.0. The first kappa shape index (κ1) is 25.9. The Morgan fingerprint density at radius 2 is 1.84 bits per heavy atom. The van der Waals surface area contributed by atoms with Crippen LogP contribution in [0.25, 0.3) is 0 Å². The van der Waals surface area contributed by atoms with E-state index in [0.717, 1.165) is 43.7 Å². The number of nitro groups is 1. The Morgan fingerprint density at radius 3 is 2.47 bits per heavy atom. The summed E-state index contributed by atoms with van der Waals surface area (Å²) in [5, 5.41) is 17.6. The van der Waals surface area contributed by atoms with Crippen LogP contribution in [0.5, 0.6) is 5.75 Å². The number of nitrogens with one attached hydrogen (secondary N) is 2. The molecule has 2 N–H and O–H groups in total. The molecule has 2 aromatic rings. The standard InChI is InChI=1S/C23H30N4O4.HI/c1-30-21-11-7-18(8-12-21)13-14-24-23(26-17-22-4-2-3-15-31-22)25-16-19-5-9-20(10-6-19)27(28)29;/h5-12,22H,2-4,13-17H2,1H3,(H2,24,25,26);1H. The van der Waals surface area contributed by atoms with E-state index in [4.69, 9.17) is 9.47 Å². The Morgan fingerprint density at radius 1 is 1.12 bits per heavy atom. The molecule has 32 heavy (non-hydrogen) atoms.